The van der Waals surface area contributed by atoms with Crippen LogP contribution in [-0.4, -0.2) is 35.5 Å². The van der Waals surface area contributed by atoms with Gasteiger partial charge in [-0.3, -0.25) is 19.6 Å². The molecule has 7 nitrogen and oxygen atoms in total. The first-order chi connectivity index (χ1) is 12.4. The molecule has 7 heteroatoms. The Bertz CT molecular complexity index is 660. The van der Waals surface area contributed by atoms with Crippen molar-refractivity contribution < 1.29 is 19.6 Å². The van der Waals surface area contributed by atoms with E-state index in [1.54, 1.807) is 28.6 Å². The van der Waals surface area contributed by atoms with Gasteiger partial charge in [0.1, 0.15) is 6.04 Å². The minimum Gasteiger partial charge on any atom is -0.340 e. The Kier molecular flexibility index (Phi) is 7.15. The zero-order valence-electron chi connectivity index (χ0n) is 15.3. The van der Waals surface area contributed by atoms with E-state index in [-0.39, 0.29) is 24.2 Å². The van der Waals surface area contributed by atoms with Crippen molar-refractivity contribution in [2.24, 2.45) is 5.92 Å². The summed E-state index contributed by atoms with van der Waals surface area (Å²) < 4.78 is 0. The molecule has 1 aliphatic heterocycles. The van der Waals surface area contributed by atoms with Crippen LogP contribution in [0.2, 0.25) is 0 Å². The maximum atomic E-state index is 13.0. The Hall–Kier alpha value is -2.41. The number of hydrogen-bond donors (Lipinski definition) is 3. The van der Waals surface area contributed by atoms with Crippen LogP contribution in [0, 0.1) is 5.92 Å². The van der Waals surface area contributed by atoms with Gasteiger partial charge in [0.2, 0.25) is 11.8 Å². The fourth-order valence-corrected chi connectivity index (χ4v) is 3.16. The SMILES string of the molecule is CC(C)C[C@@H]1NC(=O)c2ccccc2N(CCCCCC(=O)NO)C1=O. The van der Waals surface area contributed by atoms with Crippen LogP contribution in [0.15, 0.2) is 24.3 Å². The third-order valence-corrected chi connectivity index (χ3v) is 4.43. The number of benzene rings is 1. The van der Waals surface area contributed by atoms with Crippen LogP contribution >= 0.6 is 0 Å². The number of carbonyl (C=O) groups excluding carboxylic acids is 3. The number of nitrogens with zero attached hydrogens (tertiary/aromatic N) is 1. The highest BCUT2D eigenvalue weighted by Gasteiger charge is 2.33. The van der Waals surface area contributed by atoms with Crippen molar-refractivity contribution in [3.63, 3.8) is 0 Å². The quantitative estimate of drug-likeness (QED) is 0.376. The van der Waals surface area contributed by atoms with Gasteiger partial charge < -0.3 is 10.2 Å². The van der Waals surface area contributed by atoms with Gasteiger partial charge in [0.05, 0.1) is 11.3 Å². The van der Waals surface area contributed by atoms with Crippen LogP contribution < -0.4 is 15.7 Å². The van der Waals surface area contributed by atoms with Gasteiger partial charge in [-0.15, -0.1) is 0 Å². The van der Waals surface area contributed by atoms with Crippen molar-refractivity contribution in [3.05, 3.63) is 29.8 Å². The van der Waals surface area contributed by atoms with Gasteiger partial charge in [-0.1, -0.05) is 32.4 Å². The molecular formula is C19H27N3O4. The normalized spacial score (nSPS) is 16.9. The van der Waals surface area contributed by atoms with E-state index in [9.17, 15) is 14.4 Å². The molecule has 1 atom stereocenters. The number of nitrogens with one attached hydrogen (secondary N) is 2. The molecule has 26 heavy (non-hydrogen) atoms. The average Bonchev–Trinajstić information content (AvgIpc) is 2.71. The van der Waals surface area contributed by atoms with Gasteiger partial charge in [0, 0.05) is 13.0 Å². The summed E-state index contributed by atoms with van der Waals surface area (Å²) in [5, 5.41) is 11.4. The molecule has 0 unspecified atom stereocenters. The first kappa shape index (κ1) is 19.9. The van der Waals surface area contributed by atoms with Gasteiger partial charge >= 0.3 is 0 Å². The lowest BCUT2D eigenvalue weighted by Crippen LogP contribution is -2.46. The summed E-state index contributed by atoms with van der Waals surface area (Å²) in [7, 11) is 0. The summed E-state index contributed by atoms with van der Waals surface area (Å²) in [6, 6.07) is 6.60. The average molecular weight is 361 g/mol. The number of rotatable bonds is 8. The van der Waals surface area contributed by atoms with Gasteiger partial charge in [0.25, 0.3) is 5.91 Å². The van der Waals surface area contributed by atoms with Crippen molar-refractivity contribution in [3.8, 4) is 0 Å². The summed E-state index contributed by atoms with van der Waals surface area (Å²) in [4.78, 5) is 38.3. The highest BCUT2D eigenvalue weighted by atomic mass is 16.5. The highest BCUT2D eigenvalue weighted by molar-refractivity contribution is 6.10. The number of fused-ring (bicyclic) bond motifs is 1. The van der Waals surface area contributed by atoms with E-state index in [1.165, 1.54) is 0 Å². The van der Waals surface area contributed by atoms with Crippen LogP contribution in [0.25, 0.3) is 0 Å². The summed E-state index contributed by atoms with van der Waals surface area (Å²) in [5.41, 5.74) is 2.75. The van der Waals surface area contributed by atoms with Crippen LogP contribution in [0.5, 0.6) is 0 Å². The maximum Gasteiger partial charge on any atom is 0.254 e. The van der Waals surface area contributed by atoms with Gasteiger partial charge in [0.15, 0.2) is 0 Å². The number of hydroxylamine groups is 1. The topological polar surface area (TPSA) is 98.7 Å². The van der Waals surface area contributed by atoms with Crippen molar-refractivity contribution in [2.45, 2.75) is 52.0 Å². The van der Waals surface area contributed by atoms with Crippen LogP contribution in [-0.2, 0) is 9.59 Å². The second-order valence-electron chi connectivity index (χ2n) is 7.01. The summed E-state index contributed by atoms with van der Waals surface area (Å²) >= 11 is 0. The van der Waals surface area contributed by atoms with E-state index >= 15 is 0 Å². The standard InChI is InChI=1S/C19H27N3O4/c1-13(2)12-15-19(25)22(11-7-3-4-10-17(23)21-26)16-9-6-5-8-14(16)18(24)20-15/h5-6,8-9,13,15,26H,3-4,7,10-12H2,1-2H3,(H,20,24)(H,21,23)/t15-/m0/s1. The molecule has 1 aromatic carbocycles. The Balaban J connectivity index is 2.11. The fraction of sp³-hybridized carbons (Fsp3) is 0.526. The lowest BCUT2D eigenvalue weighted by Gasteiger charge is -2.26. The Morgan fingerprint density at radius 3 is 2.65 bits per heavy atom. The van der Waals surface area contributed by atoms with E-state index in [4.69, 9.17) is 5.21 Å². The van der Waals surface area contributed by atoms with E-state index in [1.807, 2.05) is 19.9 Å². The van der Waals surface area contributed by atoms with Crippen LogP contribution in [0.4, 0.5) is 5.69 Å². The van der Waals surface area contributed by atoms with E-state index in [0.29, 0.717) is 37.1 Å². The fourth-order valence-electron chi connectivity index (χ4n) is 3.16. The molecule has 0 radical (unpaired) electrons. The number of anilines is 1. The second-order valence-corrected chi connectivity index (χ2v) is 7.01. The zero-order chi connectivity index (χ0) is 19.1. The number of para-hydroxylation sites is 1. The molecule has 0 aliphatic carbocycles. The van der Waals surface area contributed by atoms with Crippen molar-refractivity contribution in [1.82, 2.24) is 10.8 Å². The Morgan fingerprint density at radius 2 is 1.96 bits per heavy atom. The molecule has 1 heterocycles. The molecule has 0 fully saturated rings. The highest BCUT2D eigenvalue weighted by Crippen LogP contribution is 2.26. The molecule has 1 aromatic rings. The van der Waals surface area contributed by atoms with Crippen LogP contribution in [0.3, 0.4) is 0 Å². The molecule has 0 saturated heterocycles. The zero-order valence-corrected chi connectivity index (χ0v) is 15.3. The molecule has 2 rings (SSSR count). The van der Waals surface area contributed by atoms with E-state index in [0.717, 1.165) is 6.42 Å². The predicted molar refractivity (Wildman–Crippen MR) is 97.9 cm³/mol. The maximum absolute atomic E-state index is 13.0. The minimum absolute atomic E-state index is 0.0925. The molecular weight excluding hydrogens is 334 g/mol. The van der Waals surface area contributed by atoms with Crippen molar-refractivity contribution in [2.75, 3.05) is 11.4 Å². The molecule has 3 N–H and O–H groups in total. The minimum atomic E-state index is -0.532. The first-order valence-electron chi connectivity index (χ1n) is 9.08. The molecule has 0 spiro atoms. The summed E-state index contributed by atoms with van der Waals surface area (Å²) in [6.07, 6.45) is 2.92. The summed E-state index contributed by atoms with van der Waals surface area (Å²) in [6.45, 7) is 4.53. The molecule has 0 saturated carbocycles. The largest absolute Gasteiger partial charge is 0.340 e. The molecule has 3 amide bonds. The lowest BCUT2D eigenvalue weighted by molar-refractivity contribution is -0.129. The van der Waals surface area contributed by atoms with E-state index in [2.05, 4.69) is 5.32 Å². The predicted octanol–water partition coefficient (Wildman–Crippen LogP) is 2.24. The number of hydrogen-bond acceptors (Lipinski definition) is 4. The first-order valence-corrected chi connectivity index (χ1v) is 9.08. The lowest BCUT2D eigenvalue weighted by atomic mass is 10.0. The molecule has 0 bridgehead atoms. The van der Waals surface area contributed by atoms with Gasteiger partial charge in [-0.25, -0.2) is 5.48 Å². The number of carbonyl (C=O) groups is 3. The smallest absolute Gasteiger partial charge is 0.254 e. The monoisotopic (exact) mass is 361 g/mol. The van der Waals surface area contributed by atoms with Gasteiger partial charge in [-0.05, 0) is 37.3 Å². The van der Waals surface area contributed by atoms with Crippen molar-refractivity contribution >= 4 is 23.4 Å². The second kappa shape index (κ2) is 9.33. The molecule has 1 aliphatic rings. The van der Waals surface area contributed by atoms with Crippen molar-refractivity contribution in [1.29, 1.82) is 0 Å². The third-order valence-electron chi connectivity index (χ3n) is 4.43. The Morgan fingerprint density at radius 1 is 1.23 bits per heavy atom. The van der Waals surface area contributed by atoms with E-state index < -0.39 is 11.9 Å². The third kappa shape index (κ3) is 5.05. The Labute approximate surface area is 153 Å². The molecule has 0 aromatic heterocycles. The van der Waals surface area contributed by atoms with Crippen LogP contribution in [0.1, 0.15) is 56.3 Å². The van der Waals surface area contributed by atoms with Gasteiger partial charge in [-0.2, -0.15) is 0 Å². The summed E-state index contributed by atoms with van der Waals surface area (Å²) in [5.74, 6) is -0.441. The number of unbranched alkanes of at least 4 members (excludes halogenated alkanes) is 2. The molecule has 142 valence electrons. The number of amides is 3.